The molecule has 2 N–H and O–H groups in total. The lowest BCUT2D eigenvalue weighted by Crippen LogP contribution is -2.38. The molecular formula is C25H25F3N2O3. The van der Waals surface area contributed by atoms with Gasteiger partial charge >= 0.3 is 12.1 Å². The second-order valence-corrected chi connectivity index (χ2v) is 8.17. The molecule has 0 spiro atoms. The molecule has 1 unspecified atom stereocenters. The average Bonchev–Trinajstić information content (AvgIpc) is 2.81. The number of carbonyl (C=O) groups is 1. The topological polar surface area (TPSA) is 61.8 Å². The van der Waals surface area contributed by atoms with Crippen LogP contribution in [0.3, 0.4) is 0 Å². The van der Waals surface area contributed by atoms with Gasteiger partial charge in [-0.1, -0.05) is 42.5 Å². The number of carboxylic acid groups (broad SMARTS) is 1. The van der Waals surface area contributed by atoms with Crippen LogP contribution >= 0.6 is 0 Å². The number of nitrogens with one attached hydrogen (secondary N) is 1. The van der Waals surface area contributed by atoms with E-state index in [-0.39, 0.29) is 24.6 Å². The normalized spacial score (nSPS) is 18.6. The van der Waals surface area contributed by atoms with Crippen LogP contribution in [0.25, 0.3) is 0 Å². The summed E-state index contributed by atoms with van der Waals surface area (Å²) >= 11 is 0. The Hall–Kier alpha value is -3.26. The van der Waals surface area contributed by atoms with Gasteiger partial charge in [0.2, 0.25) is 0 Å². The van der Waals surface area contributed by atoms with Gasteiger partial charge in [0.25, 0.3) is 0 Å². The molecule has 1 atom stereocenters. The third-order valence-corrected chi connectivity index (χ3v) is 5.88. The van der Waals surface area contributed by atoms with Crippen LogP contribution in [0.1, 0.15) is 35.6 Å². The number of carboxylic acids is 1. The maximum Gasteiger partial charge on any atom is 0.416 e. The number of aliphatic carboxylic acids is 1. The van der Waals surface area contributed by atoms with Gasteiger partial charge in [-0.15, -0.1) is 0 Å². The molecule has 0 amide bonds. The molecule has 2 heterocycles. The summed E-state index contributed by atoms with van der Waals surface area (Å²) in [5, 5.41) is 12.4. The number of benzene rings is 2. The van der Waals surface area contributed by atoms with Crippen molar-refractivity contribution in [2.45, 2.75) is 31.7 Å². The van der Waals surface area contributed by atoms with Crippen LogP contribution in [0.15, 0.2) is 72.0 Å². The molecule has 0 saturated carbocycles. The van der Waals surface area contributed by atoms with Crippen molar-refractivity contribution in [1.29, 1.82) is 0 Å². The van der Waals surface area contributed by atoms with Crippen molar-refractivity contribution in [3.63, 3.8) is 0 Å². The molecule has 0 bridgehead atoms. The molecular weight excluding hydrogens is 433 g/mol. The molecule has 2 aliphatic rings. The molecule has 0 saturated heterocycles. The minimum Gasteiger partial charge on any atom is -0.489 e. The van der Waals surface area contributed by atoms with E-state index in [1.807, 2.05) is 12.1 Å². The van der Waals surface area contributed by atoms with Crippen molar-refractivity contribution in [3.05, 3.63) is 88.6 Å². The summed E-state index contributed by atoms with van der Waals surface area (Å²) in [5.74, 6) is -0.286. The van der Waals surface area contributed by atoms with Crippen LogP contribution in [0.4, 0.5) is 13.2 Å². The third-order valence-electron chi connectivity index (χ3n) is 5.88. The first-order chi connectivity index (χ1) is 15.8. The van der Waals surface area contributed by atoms with Crippen LogP contribution in [-0.2, 0) is 17.6 Å². The second kappa shape index (κ2) is 9.70. The first kappa shape index (κ1) is 22.9. The Morgan fingerprint density at radius 2 is 1.91 bits per heavy atom. The minimum absolute atomic E-state index is 0.00525. The van der Waals surface area contributed by atoms with Crippen molar-refractivity contribution < 1.29 is 27.8 Å². The summed E-state index contributed by atoms with van der Waals surface area (Å²) in [7, 11) is 0. The Balaban J connectivity index is 1.35. The highest BCUT2D eigenvalue weighted by Gasteiger charge is 2.33. The fraction of sp³-hybridized carbons (Fsp3) is 0.320. The fourth-order valence-electron chi connectivity index (χ4n) is 4.11. The van der Waals surface area contributed by atoms with E-state index in [1.165, 1.54) is 17.7 Å². The van der Waals surface area contributed by atoms with Crippen LogP contribution < -0.4 is 10.1 Å². The fourth-order valence-corrected chi connectivity index (χ4v) is 4.11. The van der Waals surface area contributed by atoms with Gasteiger partial charge in [0.1, 0.15) is 12.4 Å². The lowest BCUT2D eigenvalue weighted by atomic mass is 9.96. The van der Waals surface area contributed by atoms with Gasteiger partial charge in [-0.3, -0.25) is 9.69 Å². The van der Waals surface area contributed by atoms with Gasteiger partial charge in [-0.25, -0.2) is 0 Å². The van der Waals surface area contributed by atoms with Gasteiger partial charge in [-0.2, -0.15) is 13.2 Å². The van der Waals surface area contributed by atoms with Crippen molar-refractivity contribution in [1.82, 2.24) is 10.2 Å². The van der Waals surface area contributed by atoms with Gasteiger partial charge < -0.3 is 15.2 Å². The van der Waals surface area contributed by atoms with E-state index >= 15 is 0 Å². The van der Waals surface area contributed by atoms with Crippen LogP contribution in [-0.4, -0.2) is 35.6 Å². The molecule has 0 aromatic heterocycles. The van der Waals surface area contributed by atoms with Gasteiger partial charge in [0.15, 0.2) is 0 Å². The monoisotopic (exact) mass is 458 g/mol. The zero-order valence-electron chi connectivity index (χ0n) is 17.9. The summed E-state index contributed by atoms with van der Waals surface area (Å²) in [4.78, 5) is 12.9. The summed E-state index contributed by atoms with van der Waals surface area (Å²) < 4.78 is 45.0. The predicted molar refractivity (Wildman–Crippen MR) is 118 cm³/mol. The van der Waals surface area contributed by atoms with Gasteiger partial charge in [0.05, 0.1) is 18.0 Å². The lowest BCUT2D eigenvalue weighted by Gasteiger charge is -2.34. The molecule has 4 rings (SSSR count). The summed E-state index contributed by atoms with van der Waals surface area (Å²) in [6, 6.07) is 12.7. The molecule has 8 heteroatoms. The lowest BCUT2D eigenvalue weighted by molar-refractivity contribution is -0.139. The Bertz CT molecular complexity index is 1060. The number of hydrogen-bond donors (Lipinski definition) is 2. The Morgan fingerprint density at radius 3 is 2.64 bits per heavy atom. The average molecular weight is 458 g/mol. The van der Waals surface area contributed by atoms with Crippen LogP contribution in [0, 0.1) is 0 Å². The number of alkyl halides is 3. The first-order valence-electron chi connectivity index (χ1n) is 10.8. The zero-order valence-corrected chi connectivity index (χ0v) is 17.9. The van der Waals surface area contributed by atoms with Crippen molar-refractivity contribution in [2.24, 2.45) is 0 Å². The molecule has 0 fully saturated rings. The zero-order chi connectivity index (χ0) is 23.4. The van der Waals surface area contributed by atoms with E-state index in [2.05, 4.69) is 22.4 Å². The number of hydrogen-bond acceptors (Lipinski definition) is 4. The minimum atomic E-state index is -4.41. The Kier molecular flexibility index (Phi) is 6.74. The van der Waals surface area contributed by atoms with Crippen molar-refractivity contribution >= 4 is 5.97 Å². The Morgan fingerprint density at radius 1 is 1.15 bits per heavy atom. The Labute approximate surface area is 190 Å². The summed E-state index contributed by atoms with van der Waals surface area (Å²) in [6.45, 7) is 1.92. The molecule has 2 aliphatic heterocycles. The number of dihydropyridines is 1. The number of ether oxygens (including phenoxy) is 1. The standard InChI is InChI=1S/C25H25F3N2O3/c26-25(27,28)21-4-2-1-3-19(21)16-33-20-8-5-17(6-9-20)22-10-7-18-15-30(14-12-24(31)32)13-11-23(18)29-22/h1-10,22,29H,11-16H2,(H,31,32). The third kappa shape index (κ3) is 5.76. The number of nitrogens with zero attached hydrogens (tertiary/aromatic N) is 1. The van der Waals surface area contributed by atoms with E-state index in [9.17, 15) is 18.0 Å². The van der Waals surface area contributed by atoms with E-state index in [0.29, 0.717) is 12.3 Å². The maximum absolute atomic E-state index is 13.1. The van der Waals surface area contributed by atoms with Crippen molar-refractivity contribution in [3.8, 4) is 5.75 Å². The summed E-state index contributed by atoms with van der Waals surface area (Å²) in [6.07, 6.45) is 0.702. The first-order valence-corrected chi connectivity index (χ1v) is 10.8. The largest absolute Gasteiger partial charge is 0.489 e. The highest BCUT2D eigenvalue weighted by molar-refractivity contribution is 5.66. The molecule has 5 nitrogen and oxygen atoms in total. The van der Waals surface area contributed by atoms with E-state index in [0.717, 1.165) is 36.8 Å². The van der Waals surface area contributed by atoms with E-state index in [1.54, 1.807) is 18.2 Å². The number of halogens is 3. The van der Waals surface area contributed by atoms with Crippen LogP contribution in [0.5, 0.6) is 5.75 Å². The second-order valence-electron chi connectivity index (χ2n) is 8.17. The smallest absolute Gasteiger partial charge is 0.416 e. The van der Waals surface area contributed by atoms with E-state index < -0.39 is 17.7 Å². The molecule has 2 aromatic carbocycles. The van der Waals surface area contributed by atoms with Crippen molar-refractivity contribution in [2.75, 3.05) is 19.6 Å². The quantitative estimate of drug-likeness (QED) is 0.617. The predicted octanol–water partition coefficient (Wildman–Crippen LogP) is 4.92. The summed E-state index contributed by atoms with van der Waals surface area (Å²) in [5.41, 5.74) is 2.77. The molecule has 0 radical (unpaired) electrons. The molecule has 0 aliphatic carbocycles. The van der Waals surface area contributed by atoms with Crippen LogP contribution in [0.2, 0.25) is 0 Å². The highest BCUT2D eigenvalue weighted by atomic mass is 19.4. The van der Waals surface area contributed by atoms with Gasteiger partial charge in [-0.05, 0) is 29.3 Å². The SMILES string of the molecule is O=C(O)CCN1CCC2=C(C=CC(c3ccc(OCc4ccccc4C(F)(F)F)cc3)N2)C1. The van der Waals surface area contributed by atoms with Gasteiger partial charge in [0, 0.05) is 37.3 Å². The maximum atomic E-state index is 13.1. The highest BCUT2D eigenvalue weighted by Crippen LogP contribution is 2.33. The number of rotatable bonds is 7. The van der Waals surface area contributed by atoms with E-state index in [4.69, 9.17) is 9.84 Å². The molecule has 174 valence electrons. The molecule has 33 heavy (non-hydrogen) atoms. The molecule has 2 aromatic rings.